The second kappa shape index (κ2) is 30.7. The van der Waals surface area contributed by atoms with Crippen LogP contribution in [-0.4, -0.2) is 99.8 Å². The van der Waals surface area contributed by atoms with Gasteiger partial charge in [0.15, 0.2) is 0 Å². The van der Waals surface area contributed by atoms with Crippen LogP contribution in [0.4, 0.5) is 0 Å². The van der Waals surface area contributed by atoms with E-state index in [4.69, 9.17) is 17.2 Å². The second-order valence-corrected chi connectivity index (χ2v) is 16.3. The van der Waals surface area contributed by atoms with Gasteiger partial charge in [0.05, 0.1) is 18.9 Å². The molecule has 0 bridgehead atoms. The summed E-state index contributed by atoms with van der Waals surface area (Å²) in [5, 5.41) is 32.2. The fraction of sp³-hybridized carbons (Fsp3) is 0.543. The number of carbonyl (C=O) groups is 9. The van der Waals surface area contributed by atoms with Gasteiger partial charge in [-0.25, -0.2) is 4.79 Å². The Kier molecular flexibility index (Phi) is 25.8. The van der Waals surface area contributed by atoms with E-state index in [0.717, 1.165) is 64.2 Å². The van der Waals surface area contributed by atoms with E-state index in [1.54, 1.807) is 60.7 Å². The standard InChI is InChI=1S/C46H68N8O11/c1-30(55)41(45(63)52-35(29-38(48)57)44(62)51-33(42(49)60)26-31-20-14-12-15-21-31)54-40(59)25-19-11-9-7-5-3-2-4-6-8-10-18-24-39(58)50-34(28-37(47)56)43(61)53-36(46(64)65)27-32-22-16-13-17-23-32/h12-17,20-23,30,33-36,41,55H,2-11,18-19,24-29H2,1H3,(H2,47,56)(H2,48,57)(H2,49,60)(H,50,58)(H,51,62)(H,52,63)(H,53,61)(H,54,59)(H,64,65)/t30?,33-,34-,35-,36-,41-/m0/s1. The van der Waals surface area contributed by atoms with Crippen molar-refractivity contribution >= 4 is 53.2 Å². The molecule has 6 atom stereocenters. The number of carboxylic acid groups (broad SMARTS) is 1. The first-order chi connectivity index (χ1) is 31.0. The Labute approximate surface area is 380 Å². The molecule has 0 aliphatic rings. The third-order valence-corrected chi connectivity index (χ3v) is 10.6. The van der Waals surface area contributed by atoms with Crippen molar-refractivity contribution in [3.05, 3.63) is 71.8 Å². The zero-order valence-electron chi connectivity index (χ0n) is 37.3. The van der Waals surface area contributed by atoms with Gasteiger partial charge in [0.25, 0.3) is 0 Å². The second-order valence-electron chi connectivity index (χ2n) is 16.3. The average Bonchev–Trinajstić information content (AvgIpc) is 3.24. The first kappa shape index (κ1) is 54.8. The zero-order chi connectivity index (χ0) is 48.1. The number of aliphatic hydroxyl groups excluding tert-OH is 1. The maximum Gasteiger partial charge on any atom is 0.326 e. The largest absolute Gasteiger partial charge is 0.480 e. The van der Waals surface area contributed by atoms with Crippen LogP contribution in [0, 0.1) is 0 Å². The number of amides is 8. The van der Waals surface area contributed by atoms with Crippen LogP contribution in [0.3, 0.4) is 0 Å². The number of aliphatic carboxylic acids is 1. The number of carboxylic acids is 1. The highest BCUT2D eigenvalue weighted by molar-refractivity contribution is 5.96. The molecule has 19 heteroatoms. The van der Waals surface area contributed by atoms with Crippen molar-refractivity contribution in [3.63, 3.8) is 0 Å². The van der Waals surface area contributed by atoms with Gasteiger partial charge in [0.1, 0.15) is 30.2 Å². The van der Waals surface area contributed by atoms with E-state index >= 15 is 0 Å². The molecule has 0 aliphatic heterocycles. The summed E-state index contributed by atoms with van der Waals surface area (Å²) in [6.07, 6.45) is 8.63. The average molecular weight is 909 g/mol. The third kappa shape index (κ3) is 23.8. The number of benzene rings is 2. The molecule has 0 saturated heterocycles. The molecule has 0 heterocycles. The molecule has 8 amide bonds. The summed E-state index contributed by atoms with van der Waals surface area (Å²) in [5.41, 5.74) is 17.5. The van der Waals surface area contributed by atoms with Gasteiger partial charge < -0.3 is 54.0 Å². The lowest BCUT2D eigenvalue weighted by molar-refractivity contribution is -0.142. The monoisotopic (exact) mass is 909 g/mol. The van der Waals surface area contributed by atoms with Gasteiger partial charge in [-0.05, 0) is 30.9 Å². The molecule has 0 aliphatic carbocycles. The number of hydrogen-bond acceptors (Lipinski definition) is 10. The Morgan fingerprint density at radius 2 is 0.831 bits per heavy atom. The van der Waals surface area contributed by atoms with E-state index in [1.807, 2.05) is 0 Å². The molecule has 2 aromatic rings. The maximum atomic E-state index is 13.1. The lowest BCUT2D eigenvalue weighted by Crippen LogP contribution is -2.59. The lowest BCUT2D eigenvalue weighted by Gasteiger charge is -2.25. The minimum Gasteiger partial charge on any atom is -0.480 e. The molecule has 0 aromatic heterocycles. The molecule has 1 unspecified atom stereocenters. The molecule has 2 rings (SSSR count). The summed E-state index contributed by atoms with van der Waals surface area (Å²) >= 11 is 0. The van der Waals surface area contributed by atoms with Crippen LogP contribution in [0.15, 0.2) is 60.7 Å². The fourth-order valence-electron chi connectivity index (χ4n) is 7.01. The third-order valence-electron chi connectivity index (χ3n) is 10.6. The smallest absolute Gasteiger partial charge is 0.326 e. The number of primary amides is 3. The van der Waals surface area contributed by atoms with E-state index in [0.29, 0.717) is 24.0 Å². The number of rotatable bonds is 34. The van der Waals surface area contributed by atoms with Crippen molar-refractivity contribution in [1.29, 1.82) is 0 Å². The van der Waals surface area contributed by atoms with Crippen LogP contribution in [0.25, 0.3) is 0 Å². The Bertz CT molecular complexity index is 1850. The van der Waals surface area contributed by atoms with E-state index in [1.165, 1.54) is 6.92 Å². The van der Waals surface area contributed by atoms with Gasteiger partial charge in [0.2, 0.25) is 47.3 Å². The minimum atomic E-state index is -1.50. The van der Waals surface area contributed by atoms with E-state index in [9.17, 15) is 53.4 Å². The van der Waals surface area contributed by atoms with Crippen molar-refractivity contribution in [2.45, 2.75) is 159 Å². The lowest BCUT2D eigenvalue weighted by atomic mass is 10.0. The van der Waals surface area contributed by atoms with Crippen LogP contribution in [0.1, 0.15) is 121 Å². The van der Waals surface area contributed by atoms with Gasteiger partial charge >= 0.3 is 5.97 Å². The molecular weight excluding hydrogens is 841 g/mol. The quantitative estimate of drug-likeness (QED) is 0.0443. The zero-order valence-corrected chi connectivity index (χ0v) is 37.3. The predicted molar refractivity (Wildman–Crippen MR) is 241 cm³/mol. The number of aliphatic hydroxyl groups is 1. The number of unbranched alkanes of at least 4 members (excludes halogenated alkanes) is 11. The highest BCUT2D eigenvalue weighted by Gasteiger charge is 2.32. The Morgan fingerprint density at radius 3 is 1.22 bits per heavy atom. The topological polar surface area (TPSA) is 332 Å². The molecule has 0 radical (unpaired) electrons. The molecule has 65 heavy (non-hydrogen) atoms. The number of nitrogens with one attached hydrogen (secondary N) is 5. The summed E-state index contributed by atoms with van der Waals surface area (Å²) in [7, 11) is 0. The van der Waals surface area contributed by atoms with Crippen LogP contribution in [-0.2, 0) is 56.0 Å². The molecule has 2 aromatic carbocycles. The normalized spacial score (nSPS) is 13.7. The van der Waals surface area contributed by atoms with Crippen molar-refractivity contribution in [2.75, 3.05) is 0 Å². The fourth-order valence-corrected chi connectivity index (χ4v) is 7.01. The van der Waals surface area contributed by atoms with Crippen molar-refractivity contribution in [2.24, 2.45) is 17.2 Å². The van der Waals surface area contributed by atoms with Crippen LogP contribution in [0.2, 0.25) is 0 Å². The molecule has 19 nitrogen and oxygen atoms in total. The number of carbonyl (C=O) groups excluding carboxylic acids is 8. The summed E-state index contributed by atoms with van der Waals surface area (Å²) in [6.45, 7) is 1.30. The van der Waals surface area contributed by atoms with Gasteiger partial charge in [-0.2, -0.15) is 0 Å². The molecule has 13 N–H and O–H groups in total. The Morgan fingerprint density at radius 1 is 0.477 bits per heavy atom. The van der Waals surface area contributed by atoms with Crippen molar-refractivity contribution in [1.82, 2.24) is 26.6 Å². The molecule has 358 valence electrons. The summed E-state index contributed by atoms with van der Waals surface area (Å²) in [6, 6.07) is 10.9. The SMILES string of the molecule is CC(O)[C@H](NC(=O)CCCCCCCCCCCCCCC(=O)N[C@@H](CC(N)=O)C(=O)N[C@@H](Cc1ccccc1)C(=O)O)C(=O)N[C@@H](CC(N)=O)C(=O)N[C@@H](Cc1ccccc1)C(N)=O. The number of hydrogen-bond donors (Lipinski definition) is 10. The molecule has 0 fully saturated rings. The van der Waals surface area contributed by atoms with Gasteiger partial charge in [-0.1, -0.05) is 125 Å². The van der Waals surface area contributed by atoms with Crippen molar-refractivity contribution in [3.8, 4) is 0 Å². The molecular formula is C46H68N8O11. The highest BCUT2D eigenvalue weighted by Crippen LogP contribution is 2.14. The Balaban J connectivity index is 1.62. The number of nitrogens with two attached hydrogens (primary N) is 3. The molecule has 0 saturated carbocycles. The first-order valence-corrected chi connectivity index (χ1v) is 22.3. The van der Waals surface area contributed by atoms with Crippen LogP contribution < -0.4 is 43.8 Å². The highest BCUT2D eigenvalue weighted by atomic mass is 16.4. The van der Waals surface area contributed by atoms with E-state index < -0.39 is 102 Å². The van der Waals surface area contributed by atoms with Crippen LogP contribution in [0.5, 0.6) is 0 Å². The van der Waals surface area contributed by atoms with Gasteiger partial charge in [0, 0.05) is 25.7 Å². The minimum absolute atomic E-state index is 0.0262. The predicted octanol–water partition coefficient (Wildman–Crippen LogP) is 1.06. The van der Waals surface area contributed by atoms with Crippen molar-refractivity contribution < 1.29 is 53.4 Å². The van der Waals surface area contributed by atoms with Crippen LogP contribution >= 0.6 is 0 Å². The molecule has 0 spiro atoms. The summed E-state index contributed by atoms with van der Waals surface area (Å²) in [4.78, 5) is 112. The van der Waals surface area contributed by atoms with Gasteiger partial charge in [-0.3, -0.25) is 38.4 Å². The van der Waals surface area contributed by atoms with Gasteiger partial charge in [-0.15, -0.1) is 0 Å². The first-order valence-electron chi connectivity index (χ1n) is 22.3. The Hall–Kier alpha value is -6.37. The van der Waals surface area contributed by atoms with E-state index in [2.05, 4.69) is 26.6 Å². The maximum absolute atomic E-state index is 13.1. The van der Waals surface area contributed by atoms with E-state index in [-0.39, 0.29) is 25.7 Å². The summed E-state index contributed by atoms with van der Waals surface area (Å²) < 4.78 is 0. The summed E-state index contributed by atoms with van der Waals surface area (Å²) in [5.74, 6) is -7.31.